The van der Waals surface area contributed by atoms with Gasteiger partial charge in [0.05, 0.1) is 0 Å². The highest BCUT2D eigenvalue weighted by Gasteiger charge is 2.11. The van der Waals surface area contributed by atoms with Gasteiger partial charge in [0, 0.05) is 33.4 Å². The van der Waals surface area contributed by atoms with Crippen molar-refractivity contribution in [1.82, 2.24) is 5.32 Å². The molecule has 0 bridgehead atoms. The van der Waals surface area contributed by atoms with Gasteiger partial charge < -0.3 is 10.6 Å². The Morgan fingerprint density at radius 2 is 1.42 bits per heavy atom. The molecule has 0 unspecified atom stereocenters. The first-order chi connectivity index (χ1) is 15.0. The van der Waals surface area contributed by atoms with Crippen LogP contribution in [0.5, 0.6) is 0 Å². The Morgan fingerprint density at radius 3 is 2.23 bits per heavy atom. The van der Waals surface area contributed by atoms with Gasteiger partial charge in [0.25, 0.3) is 11.8 Å². The smallest absolute Gasteiger partial charge is 0.255 e. The number of fused-ring (bicyclic) bond motifs is 1. The fraction of sp³-hybridized carbons (Fsp3) is 0.0400. The lowest BCUT2D eigenvalue weighted by Gasteiger charge is -2.10. The van der Waals surface area contributed by atoms with Gasteiger partial charge in [-0.05, 0) is 52.7 Å². The topological polar surface area (TPSA) is 58.2 Å². The van der Waals surface area contributed by atoms with E-state index in [0.717, 1.165) is 16.3 Å². The molecule has 0 saturated heterocycles. The maximum Gasteiger partial charge on any atom is 0.255 e. The van der Waals surface area contributed by atoms with Crippen molar-refractivity contribution in [3.05, 3.63) is 112 Å². The van der Waals surface area contributed by atoms with Crippen LogP contribution in [0, 0.1) is 0 Å². The van der Waals surface area contributed by atoms with E-state index >= 15 is 0 Å². The summed E-state index contributed by atoms with van der Waals surface area (Å²) in [6, 6.07) is 25.4. The molecule has 2 amide bonds. The zero-order valence-corrected chi connectivity index (χ0v) is 17.9. The van der Waals surface area contributed by atoms with Crippen molar-refractivity contribution in [2.24, 2.45) is 0 Å². The Bertz CT molecular complexity index is 1260. The van der Waals surface area contributed by atoms with Crippen molar-refractivity contribution in [2.45, 2.75) is 6.54 Å². The number of hydrogen-bond donors (Lipinski definition) is 2. The van der Waals surface area contributed by atoms with Crippen LogP contribution >= 0.6 is 23.2 Å². The van der Waals surface area contributed by atoms with Crippen molar-refractivity contribution in [3.63, 3.8) is 0 Å². The van der Waals surface area contributed by atoms with Crippen molar-refractivity contribution in [1.29, 1.82) is 0 Å². The van der Waals surface area contributed by atoms with Crippen LogP contribution in [0.3, 0.4) is 0 Å². The van der Waals surface area contributed by atoms with Gasteiger partial charge >= 0.3 is 0 Å². The molecular formula is C25H18Cl2N2O2. The predicted molar refractivity (Wildman–Crippen MR) is 126 cm³/mol. The molecular weight excluding hydrogens is 431 g/mol. The highest BCUT2D eigenvalue weighted by molar-refractivity contribution is 6.35. The molecule has 0 saturated carbocycles. The molecule has 4 aromatic rings. The Hall–Kier alpha value is -3.34. The van der Waals surface area contributed by atoms with Gasteiger partial charge in [-0.25, -0.2) is 0 Å². The molecule has 4 aromatic carbocycles. The summed E-state index contributed by atoms with van der Waals surface area (Å²) in [6.07, 6.45) is 0. The summed E-state index contributed by atoms with van der Waals surface area (Å²) in [4.78, 5) is 25.2. The number of carbonyl (C=O) groups excluding carboxylic acids is 2. The van der Waals surface area contributed by atoms with Crippen LogP contribution in [-0.4, -0.2) is 11.8 Å². The second kappa shape index (κ2) is 9.21. The van der Waals surface area contributed by atoms with E-state index in [9.17, 15) is 9.59 Å². The first kappa shape index (κ1) is 20.9. The van der Waals surface area contributed by atoms with E-state index < -0.39 is 0 Å². The quantitative estimate of drug-likeness (QED) is 0.374. The van der Waals surface area contributed by atoms with Crippen LogP contribution in [-0.2, 0) is 6.54 Å². The third-order valence-electron chi connectivity index (χ3n) is 4.83. The van der Waals surface area contributed by atoms with Crippen LogP contribution in [0.1, 0.15) is 26.3 Å². The Kier molecular flexibility index (Phi) is 6.21. The molecule has 0 aliphatic rings. The van der Waals surface area contributed by atoms with E-state index in [-0.39, 0.29) is 11.8 Å². The minimum atomic E-state index is -0.363. The van der Waals surface area contributed by atoms with Crippen LogP contribution in [0.2, 0.25) is 10.0 Å². The third-order valence-corrected chi connectivity index (χ3v) is 5.26. The molecule has 0 spiro atoms. The highest BCUT2D eigenvalue weighted by Crippen LogP contribution is 2.21. The summed E-state index contributed by atoms with van der Waals surface area (Å²) < 4.78 is 0. The number of amides is 2. The normalized spacial score (nSPS) is 10.6. The fourth-order valence-corrected chi connectivity index (χ4v) is 3.88. The second-order valence-electron chi connectivity index (χ2n) is 7.01. The number of carbonyl (C=O) groups is 2. The fourth-order valence-electron chi connectivity index (χ4n) is 3.35. The van der Waals surface area contributed by atoms with Gasteiger partial charge in [0.2, 0.25) is 0 Å². The largest absolute Gasteiger partial charge is 0.348 e. The lowest BCUT2D eigenvalue weighted by atomic mass is 10.0. The minimum Gasteiger partial charge on any atom is -0.348 e. The number of rotatable bonds is 5. The summed E-state index contributed by atoms with van der Waals surface area (Å²) >= 11 is 11.9. The lowest BCUT2D eigenvalue weighted by molar-refractivity contribution is 0.0949. The van der Waals surface area contributed by atoms with Crippen LogP contribution in [0.25, 0.3) is 10.8 Å². The average molecular weight is 449 g/mol. The van der Waals surface area contributed by atoms with E-state index in [1.165, 1.54) is 12.1 Å². The first-order valence-corrected chi connectivity index (χ1v) is 10.4. The lowest BCUT2D eigenvalue weighted by Crippen LogP contribution is -2.23. The van der Waals surface area contributed by atoms with Gasteiger partial charge in [-0.15, -0.1) is 0 Å². The summed E-state index contributed by atoms with van der Waals surface area (Å²) in [6.45, 7) is 0.401. The zero-order valence-electron chi connectivity index (χ0n) is 16.4. The number of halogens is 2. The number of hydrogen-bond acceptors (Lipinski definition) is 2. The van der Waals surface area contributed by atoms with Crippen LogP contribution < -0.4 is 10.6 Å². The van der Waals surface area contributed by atoms with Gasteiger partial charge in [-0.1, -0.05) is 71.7 Å². The molecule has 0 aromatic heterocycles. The predicted octanol–water partition coefficient (Wildman–Crippen LogP) is 6.33. The van der Waals surface area contributed by atoms with Gasteiger partial charge in [0.15, 0.2) is 0 Å². The summed E-state index contributed by atoms with van der Waals surface area (Å²) in [7, 11) is 0. The molecule has 0 aliphatic carbocycles. The van der Waals surface area contributed by atoms with Crippen molar-refractivity contribution in [2.75, 3.05) is 5.32 Å². The monoisotopic (exact) mass is 448 g/mol. The molecule has 31 heavy (non-hydrogen) atoms. The Morgan fingerprint density at radius 1 is 0.710 bits per heavy atom. The number of anilines is 1. The van der Waals surface area contributed by atoms with Crippen molar-refractivity contribution < 1.29 is 9.59 Å². The standard InChI is InChI=1S/C25H18Cl2N2O2/c26-20-11-19(12-21(27)14-20)25(31)29-22-9-4-7-17(13-22)24(30)28-15-18-8-3-6-16-5-1-2-10-23(16)18/h1-14H,15H2,(H,28,30)(H,29,31). The molecule has 4 nitrogen and oxygen atoms in total. The molecule has 6 heteroatoms. The SMILES string of the molecule is O=C(NCc1cccc2ccccc12)c1cccc(NC(=O)c2cc(Cl)cc(Cl)c2)c1. The van der Waals surface area contributed by atoms with E-state index in [4.69, 9.17) is 23.2 Å². The average Bonchev–Trinajstić information content (AvgIpc) is 2.77. The van der Waals surface area contributed by atoms with Gasteiger partial charge in [-0.2, -0.15) is 0 Å². The third kappa shape index (κ3) is 5.05. The Balaban J connectivity index is 1.46. The second-order valence-corrected chi connectivity index (χ2v) is 7.89. The molecule has 0 heterocycles. The molecule has 0 radical (unpaired) electrons. The molecule has 0 atom stereocenters. The van der Waals surface area contributed by atoms with Crippen molar-refractivity contribution >= 4 is 51.5 Å². The van der Waals surface area contributed by atoms with Crippen LogP contribution in [0.4, 0.5) is 5.69 Å². The molecule has 0 aliphatic heterocycles. The Labute approximate surface area is 189 Å². The van der Waals surface area contributed by atoms with E-state index in [1.54, 1.807) is 30.3 Å². The number of nitrogens with one attached hydrogen (secondary N) is 2. The molecule has 2 N–H and O–H groups in total. The van der Waals surface area contributed by atoms with E-state index in [2.05, 4.69) is 10.6 Å². The summed E-state index contributed by atoms with van der Waals surface area (Å²) in [5.41, 5.74) is 2.32. The van der Waals surface area contributed by atoms with E-state index in [0.29, 0.717) is 33.4 Å². The summed E-state index contributed by atoms with van der Waals surface area (Å²) in [5.74, 6) is -0.590. The molecule has 4 rings (SSSR count). The zero-order chi connectivity index (χ0) is 21.8. The summed E-state index contributed by atoms with van der Waals surface area (Å²) in [5, 5.41) is 8.69. The molecule has 154 valence electrons. The maximum atomic E-state index is 12.7. The van der Waals surface area contributed by atoms with Gasteiger partial charge in [-0.3, -0.25) is 9.59 Å². The van der Waals surface area contributed by atoms with Gasteiger partial charge in [0.1, 0.15) is 0 Å². The van der Waals surface area contributed by atoms with Crippen molar-refractivity contribution in [3.8, 4) is 0 Å². The molecule has 0 fully saturated rings. The number of benzene rings is 4. The minimum absolute atomic E-state index is 0.227. The highest BCUT2D eigenvalue weighted by atomic mass is 35.5. The first-order valence-electron chi connectivity index (χ1n) is 9.62. The van der Waals surface area contributed by atoms with E-state index in [1.807, 2.05) is 42.5 Å². The van der Waals surface area contributed by atoms with Crippen LogP contribution in [0.15, 0.2) is 84.9 Å². The maximum absolute atomic E-state index is 12.7.